The Morgan fingerprint density at radius 1 is 1.14 bits per heavy atom. The van der Waals surface area contributed by atoms with Crippen LogP contribution in [0.4, 0.5) is 0 Å². The summed E-state index contributed by atoms with van der Waals surface area (Å²) >= 11 is 0. The topological polar surface area (TPSA) is 17.1 Å². The van der Waals surface area contributed by atoms with Gasteiger partial charge in [-0.05, 0) is 26.1 Å². The van der Waals surface area contributed by atoms with E-state index in [4.69, 9.17) is 0 Å². The smallest absolute Gasteiger partial charge is 0.136 e. The van der Waals surface area contributed by atoms with Crippen LogP contribution in [0.3, 0.4) is 0 Å². The largest absolute Gasteiger partial charge is 0.314 e. The molecular formula is C12H15OP. The van der Waals surface area contributed by atoms with Crippen LogP contribution >= 0.6 is 7.14 Å². The normalized spacial score (nSPS) is 26.3. The summed E-state index contributed by atoms with van der Waals surface area (Å²) in [6.45, 7) is 4.11. The molecule has 0 amide bonds. The van der Waals surface area contributed by atoms with E-state index in [0.717, 1.165) is 17.9 Å². The minimum absolute atomic E-state index is 0.821. The molecule has 0 bridgehead atoms. The maximum absolute atomic E-state index is 12.5. The summed E-state index contributed by atoms with van der Waals surface area (Å²) in [6.07, 6.45) is 1.81. The van der Waals surface area contributed by atoms with Crippen molar-refractivity contribution in [1.82, 2.24) is 0 Å². The number of rotatable bonds is 1. The first kappa shape index (κ1) is 9.73. The average Bonchev–Trinajstić information content (AvgIpc) is 2.48. The van der Waals surface area contributed by atoms with E-state index >= 15 is 0 Å². The van der Waals surface area contributed by atoms with Crippen LogP contribution in [0.5, 0.6) is 0 Å². The Hall–Kier alpha value is -0.810. The van der Waals surface area contributed by atoms with Gasteiger partial charge < -0.3 is 4.57 Å². The summed E-state index contributed by atoms with van der Waals surface area (Å²) in [5.74, 6) is 1.98. The molecule has 0 saturated carbocycles. The molecule has 0 fully saturated rings. The highest BCUT2D eigenvalue weighted by Crippen LogP contribution is 2.52. The van der Waals surface area contributed by atoms with Crippen molar-refractivity contribution >= 4 is 12.4 Å². The predicted octanol–water partition coefficient (Wildman–Crippen LogP) is 3.29. The third-order valence-electron chi connectivity index (χ3n) is 2.74. The van der Waals surface area contributed by atoms with Crippen molar-refractivity contribution in [3.05, 3.63) is 41.2 Å². The van der Waals surface area contributed by atoms with Gasteiger partial charge in [-0.15, -0.1) is 0 Å². The number of hydrogen-bond acceptors (Lipinski definition) is 1. The van der Waals surface area contributed by atoms with Gasteiger partial charge in [0, 0.05) is 11.5 Å². The lowest BCUT2D eigenvalue weighted by molar-refractivity contribution is 0.587. The van der Waals surface area contributed by atoms with Crippen molar-refractivity contribution in [2.75, 3.05) is 6.16 Å². The van der Waals surface area contributed by atoms with Gasteiger partial charge in [0.15, 0.2) is 0 Å². The summed E-state index contributed by atoms with van der Waals surface area (Å²) in [4.78, 5) is 0. The molecule has 1 aromatic carbocycles. The first-order valence-corrected chi connectivity index (χ1v) is 6.91. The van der Waals surface area contributed by atoms with E-state index in [2.05, 4.69) is 13.8 Å². The minimum Gasteiger partial charge on any atom is -0.314 e. The Bertz CT molecular complexity index is 414. The van der Waals surface area contributed by atoms with Crippen molar-refractivity contribution in [1.29, 1.82) is 0 Å². The van der Waals surface area contributed by atoms with Crippen LogP contribution in [-0.2, 0) is 4.57 Å². The van der Waals surface area contributed by atoms with E-state index in [-0.39, 0.29) is 0 Å². The molecule has 0 aliphatic carbocycles. The van der Waals surface area contributed by atoms with Crippen molar-refractivity contribution in [2.24, 2.45) is 0 Å². The fourth-order valence-corrected chi connectivity index (χ4v) is 4.54. The first-order valence-electron chi connectivity index (χ1n) is 4.94. The number of hydrogen-bond donors (Lipinski definition) is 0. The first-order chi connectivity index (χ1) is 6.60. The molecule has 1 aromatic rings. The van der Waals surface area contributed by atoms with Gasteiger partial charge in [0.1, 0.15) is 7.14 Å². The maximum atomic E-state index is 12.5. The highest BCUT2D eigenvalue weighted by Gasteiger charge is 2.26. The van der Waals surface area contributed by atoms with E-state index in [1.54, 1.807) is 0 Å². The summed E-state index contributed by atoms with van der Waals surface area (Å²) in [5.41, 5.74) is 2.49. The zero-order chi connectivity index (χ0) is 10.2. The summed E-state index contributed by atoms with van der Waals surface area (Å²) in [7, 11) is -2.16. The summed E-state index contributed by atoms with van der Waals surface area (Å²) in [6, 6.07) is 8.09. The lowest BCUT2D eigenvalue weighted by Gasteiger charge is -2.09. The van der Waals surface area contributed by atoms with Crippen LogP contribution in [0.1, 0.15) is 18.9 Å². The SMILES string of the molecule is CC1=CP(=O)(c2ccc(C)cc2)CC1. The van der Waals surface area contributed by atoms with Crippen LogP contribution in [0.15, 0.2) is 35.7 Å². The second-order valence-corrected chi connectivity index (χ2v) is 6.89. The molecule has 1 heterocycles. The molecule has 1 nitrogen and oxygen atoms in total. The Morgan fingerprint density at radius 2 is 1.79 bits per heavy atom. The highest BCUT2D eigenvalue weighted by atomic mass is 31.2. The third kappa shape index (κ3) is 1.69. The van der Waals surface area contributed by atoms with Crippen LogP contribution in [0.2, 0.25) is 0 Å². The van der Waals surface area contributed by atoms with Crippen molar-refractivity contribution in [2.45, 2.75) is 20.3 Å². The van der Waals surface area contributed by atoms with Crippen molar-refractivity contribution in [3.63, 3.8) is 0 Å². The van der Waals surface area contributed by atoms with E-state index in [9.17, 15) is 4.57 Å². The molecule has 0 spiro atoms. The fourth-order valence-electron chi connectivity index (χ4n) is 1.83. The Kier molecular flexibility index (Phi) is 2.36. The molecule has 1 aliphatic rings. The van der Waals surface area contributed by atoms with Gasteiger partial charge >= 0.3 is 0 Å². The Balaban J connectivity index is 2.41. The third-order valence-corrected chi connectivity index (χ3v) is 5.66. The highest BCUT2D eigenvalue weighted by molar-refractivity contribution is 7.74. The second-order valence-electron chi connectivity index (χ2n) is 4.08. The van der Waals surface area contributed by atoms with Gasteiger partial charge in [-0.2, -0.15) is 0 Å². The zero-order valence-corrected chi connectivity index (χ0v) is 9.55. The number of benzene rings is 1. The lowest BCUT2D eigenvalue weighted by Crippen LogP contribution is -2.02. The Morgan fingerprint density at radius 3 is 2.29 bits per heavy atom. The molecule has 1 unspecified atom stereocenters. The second kappa shape index (κ2) is 3.40. The molecule has 1 aliphatic heterocycles. The maximum Gasteiger partial charge on any atom is 0.136 e. The van der Waals surface area contributed by atoms with E-state index < -0.39 is 7.14 Å². The summed E-state index contributed by atoms with van der Waals surface area (Å²) < 4.78 is 12.5. The van der Waals surface area contributed by atoms with Gasteiger partial charge in [-0.25, -0.2) is 0 Å². The average molecular weight is 206 g/mol. The van der Waals surface area contributed by atoms with Crippen LogP contribution < -0.4 is 5.30 Å². The molecule has 14 heavy (non-hydrogen) atoms. The van der Waals surface area contributed by atoms with Gasteiger partial charge in [-0.3, -0.25) is 0 Å². The standard InChI is InChI=1S/C12H15OP/c1-10-3-5-12(6-4-10)14(13)8-7-11(2)9-14/h3-6,9H,7-8H2,1-2H3. The molecule has 2 heteroatoms. The summed E-state index contributed by atoms with van der Waals surface area (Å²) in [5, 5.41) is 1.01. The molecule has 74 valence electrons. The monoisotopic (exact) mass is 206 g/mol. The molecule has 0 saturated heterocycles. The van der Waals surface area contributed by atoms with Gasteiger partial charge in [0.25, 0.3) is 0 Å². The van der Waals surface area contributed by atoms with Crippen LogP contribution in [0, 0.1) is 6.92 Å². The van der Waals surface area contributed by atoms with Gasteiger partial charge in [0.2, 0.25) is 0 Å². The Labute approximate surface area is 85.2 Å². The van der Waals surface area contributed by atoms with Gasteiger partial charge in [-0.1, -0.05) is 35.4 Å². The number of aryl methyl sites for hydroxylation is 1. The molecule has 0 N–H and O–H groups in total. The molecule has 1 atom stereocenters. The quantitative estimate of drug-likeness (QED) is 0.644. The van der Waals surface area contributed by atoms with E-state index in [1.807, 2.05) is 30.1 Å². The predicted molar refractivity (Wildman–Crippen MR) is 61.7 cm³/mol. The van der Waals surface area contributed by atoms with Gasteiger partial charge in [0.05, 0.1) is 0 Å². The molecule has 2 rings (SSSR count). The zero-order valence-electron chi connectivity index (χ0n) is 8.66. The van der Waals surface area contributed by atoms with E-state index in [0.29, 0.717) is 0 Å². The molecule has 0 radical (unpaired) electrons. The van der Waals surface area contributed by atoms with Crippen molar-refractivity contribution in [3.8, 4) is 0 Å². The van der Waals surface area contributed by atoms with Crippen LogP contribution in [-0.4, -0.2) is 6.16 Å². The fraction of sp³-hybridized carbons (Fsp3) is 0.333. The number of allylic oxidation sites excluding steroid dienone is 1. The lowest BCUT2D eigenvalue weighted by atomic mass is 10.2. The molecule has 0 aromatic heterocycles. The minimum atomic E-state index is -2.16. The van der Waals surface area contributed by atoms with E-state index in [1.165, 1.54) is 11.1 Å². The molecular weight excluding hydrogens is 191 g/mol. The van der Waals surface area contributed by atoms with Crippen LogP contribution in [0.25, 0.3) is 0 Å². The van der Waals surface area contributed by atoms with Crippen molar-refractivity contribution < 1.29 is 4.57 Å².